The normalized spacial score (nSPS) is 21.5. The van der Waals surface area contributed by atoms with E-state index in [2.05, 4.69) is 45.9 Å². The van der Waals surface area contributed by atoms with Crippen molar-refractivity contribution in [3.63, 3.8) is 0 Å². The maximum atomic E-state index is 11.8. The van der Waals surface area contributed by atoms with Crippen LogP contribution in [0.2, 0.25) is 0 Å². The Hall–Kier alpha value is -2.31. The van der Waals surface area contributed by atoms with Crippen molar-refractivity contribution in [2.24, 2.45) is 0 Å². The van der Waals surface area contributed by atoms with Crippen LogP contribution in [0.25, 0.3) is 0 Å². The summed E-state index contributed by atoms with van der Waals surface area (Å²) in [5.41, 5.74) is 3.56. The zero-order chi connectivity index (χ0) is 22.2. The molecule has 5 nitrogen and oxygen atoms in total. The summed E-state index contributed by atoms with van der Waals surface area (Å²) >= 11 is 0. The second kappa shape index (κ2) is 8.32. The van der Waals surface area contributed by atoms with Gasteiger partial charge in [-0.15, -0.1) is 0 Å². The van der Waals surface area contributed by atoms with Gasteiger partial charge in [0.2, 0.25) is 0 Å². The Morgan fingerprint density at radius 3 is 2.52 bits per heavy atom. The molecular formula is C25H31BO5. The molecule has 1 heterocycles. The van der Waals surface area contributed by atoms with Gasteiger partial charge in [0.05, 0.1) is 24.7 Å². The Labute approximate surface area is 185 Å². The first-order valence-electron chi connectivity index (χ1n) is 11.0. The number of esters is 1. The molecule has 1 aliphatic carbocycles. The van der Waals surface area contributed by atoms with Gasteiger partial charge in [0, 0.05) is 5.56 Å². The highest BCUT2D eigenvalue weighted by molar-refractivity contribution is 6.62. The number of carbonyl (C=O) groups is 1. The predicted molar refractivity (Wildman–Crippen MR) is 121 cm³/mol. The molecule has 2 aliphatic rings. The van der Waals surface area contributed by atoms with Crippen molar-refractivity contribution in [2.45, 2.75) is 70.7 Å². The van der Waals surface area contributed by atoms with Crippen molar-refractivity contribution in [1.29, 1.82) is 0 Å². The van der Waals surface area contributed by atoms with Crippen LogP contribution < -0.4 is 10.2 Å². The third-order valence-electron chi connectivity index (χ3n) is 6.76. The molecule has 1 saturated heterocycles. The van der Waals surface area contributed by atoms with Gasteiger partial charge in [-0.1, -0.05) is 36.4 Å². The van der Waals surface area contributed by atoms with Crippen molar-refractivity contribution in [2.75, 3.05) is 7.11 Å². The molecule has 1 unspecified atom stereocenters. The number of para-hydroxylation sites is 1. The molecule has 0 saturated carbocycles. The van der Waals surface area contributed by atoms with E-state index < -0.39 is 7.12 Å². The summed E-state index contributed by atoms with van der Waals surface area (Å²) < 4.78 is 23.8. The van der Waals surface area contributed by atoms with E-state index in [-0.39, 0.29) is 29.7 Å². The highest BCUT2D eigenvalue weighted by atomic mass is 16.7. The van der Waals surface area contributed by atoms with Crippen molar-refractivity contribution in [3.8, 4) is 5.75 Å². The molecular weight excluding hydrogens is 391 g/mol. The molecule has 0 aromatic heterocycles. The van der Waals surface area contributed by atoms with Crippen LogP contribution in [0, 0.1) is 0 Å². The van der Waals surface area contributed by atoms with Gasteiger partial charge in [-0.3, -0.25) is 4.79 Å². The number of benzene rings is 2. The fraction of sp³-hybridized carbons (Fsp3) is 0.480. The first-order chi connectivity index (χ1) is 14.7. The van der Waals surface area contributed by atoms with Crippen LogP contribution in [-0.4, -0.2) is 31.4 Å². The van der Waals surface area contributed by atoms with E-state index in [9.17, 15) is 4.79 Å². The quantitative estimate of drug-likeness (QED) is 0.535. The smallest absolute Gasteiger partial charge is 0.485 e. The van der Waals surface area contributed by atoms with Crippen LogP contribution in [-0.2, 0) is 31.7 Å². The Morgan fingerprint density at radius 1 is 1.10 bits per heavy atom. The summed E-state index contributed by atoms with van der Waals surface area (Å²) in [4.78, 5) is 11.8. The van der Waals surface area contributed by atoms with Gasteiger partial charge in [-0.05, 0) is 69.6 Å². The van der Waals surface area contributed by atoms with E-state index in [1.807, 2.05) is 24.3 Å². The van der Waals surface area contributed by atoms with Crippen LogP contribution in [0.4, 0.5) is 0 Å². The fourth-order valence-corrected chi connectivity index (χ4v) is 4.17. The molecule has 0 radical (unpaired) electrons. The summed E-state index contributed by atoms with van der Waals surface area (Å²) in [6.07, 6.45) is 3.13. The lowest BCUT2D eigenvalue weighted by atomic mass is 9.75. The van der Waals surface area contributed by atoms with E-state index >= 15 is 0 Å². The minimum atomic E-state index is -0.399. The van der Waals surface area contributed by atoms with E-state index in [1.165, 1.54) is 18.2 Å². The number of carbonyl (C=O) groups excluding carboxylic acids is 1. The lowest BCUT2D eigenvalue weighted by molar-refractivity contribution is -0.139. The average molecular weight is 422 g/mol. The van der Waals surface area contributed by atoms with Gasteiger partial charge in [-0.2, -0.15) is 0 Å². The number of hydrogen-bond donors (Lipinski definition) is 0. The monoisotopic (exact) mass is 422 g/mol. The van der Waals surface area contributed by atoms with Crippen molar-refractivity contribution in [3.05, 3.63) is 59.2 Å². The molecule has 1 atom stereocenters. The summed E-state index contributed by atoms with van der Waals surface area (Å²) in [6, 6.07) is 14.1. The molecule has 164 valence electrons. The van der Waals surface area contributed by atoms with Gasteiger partial charge in [-0.25, -0.2) is 0 Å². The number of ether oxygens (including phenoxy) is 2. The highest BCUT2D eigenvalue weighted by Gasteiger charge is 2.51. The number of rotatable bonds is 5. The first-order valence-corrected chi connectivity index (χ1v) is 11.0. The van der Waals surface area contributed by atoms with Gasteiger partial charge >= 0.3 is 13.1 Å². The lowest BCUT2D eigenvalue weighted by Crippen LogP contribution is -2.41. The number of methoxy groups -OCH3 is 1. The molecule has 2 aromatic carbocycles. The van der Waals surface area contributed by atoms with Crippen LogP contribution in [0.3, 0.4) is 0 Å². The molecule has 1 aliphatic heterocycles. The second-order valence-electron chi connectivity index (χ2n) is 9.41. The second-order valence-corrected chi connectivity index (χ2v) is 9.41. The van der Waals surface area contributed by atoms with Crippen LogP contribution in [0.5, 0.6) is 5.75 Å². The maximum absolute atomic E-state index is 11.8. The largest absolute Gasteiger partial charge is 0.494 e. The summed E-state index contributed by atoms with van der Waals surface area (Å²) in [5, 5.41) is 0. The number of aryl methyl sites for hydroxylation is 1. The zero-order valence-electron chi connectivity index (χ0n) is 19.1. The predicted octanol–water partition coefficient (Wildman–Crippen LogP) is 4.16. The van der Waals surface area contributed by atoms with Gasteiger partial charge in [0.15, 0.2) is 0 Å². The average Bonchev–Trinajstić information content (AvgIpc) is 2.96. The summed E-state index contributed by atoms with van der Waals surface area (Å²) in [6.45, 7) is 8.26. The van der Waals surface area contributed by atoms with Gasteiger partial charge in [0.1, 0.15) is 11.9 Å². The zero-order valence-corrected chi connectivity index (χ0v) is 19.1. The van der Waals surface area contributed by atoms with Crippen molar-refractivity contribution < 1.29 is 23.6 Å². The molecule has 0 N–H and O–H groups in total. The molecule has 31 heavy (non-hydrogen) atoms. The molecule has 0 bridgehead atoms. The maximum Gasteiger partial charge on any atom is 0.494 e. The Kier molecular flexibility index (Phi) is 5.88. The standard InChI is InChI=1S/C25H31BO5/c1-24(2)25(3,4)31-26(30-24)19-14-13-17-10-8-12-22(20(17)16-19)29-21-11-7-6-9-18(21)15-23(27)28-5/h6-7,9,11,13-14,16,22H,8,10,12,15H2,1-5H3. The molecule has 4 rings (SSSR count). The third-order valence-corrected chi connectivity index (χ3v) is 6.76. The highest BCUT2D eigenvalue weighted by Crippen LogP contribution is 2.38. The van der Waals surface area contributed by atoms with Gasteiger partial charge in [0.25, 0.3) is 0 Å². The topological polar surface area (TPSA) is 54.0 Å². The van der Waals surface area contributed by atoms with Crippen molar-refractivity contribution >= 4 is 18.6 Å². The van der Waals surface area contributed by atoms with Crippen LogP contribution in [0.15, 0.2) is 42.5 Å². The Morgan fingerprint density at radius 2 is 1.81 bits per heavy atom. The third kappa shape index (κ3) is 4.37. The van der Waals surface area contributed by atoms with E-state index in [0.717, 1.165) is 36.0 Å². The minimum Gasteiger partial charge on any atom is -0.485 e. The van der Waals surface area contributed by atoms with E-state index in [4.69, 9.17) is 18.8 Å². The number of hydrogen-bond acceptors (Lipinski definition) is 5. The Bertz CT molecular complexity index is 952. The Balaban J connectivity index is 1.60. The summed E-state index contributed by atoms with van der Waals surface area (Å²) in [5.74, 6) is 0.454. The SMILES string of the molecule is COC(=O)Cc1ccccc1OC1CCCc2ccc(B3OC(C)(C)C(C)(C)O3)cc21. The fourth-order valence-electron chi connectivity index (χ4n) is 4.17. The summed E-state index contributed by atoms with van der Waals surface area (Å²) in [7, 11) is 1.00. The molecule has 2 aromatic rings. The minimum absolute atomic E-state index is 0.0788. The molecule has 0 amide bonds. The van der Waals surface area contributed by atoms with Crippen LogP contribution in [0.1, 0.15) is 63.3 Å². The van der Waals surface area contributed by atoms with Crippen molar-refractivity contribution in [1.82, 2.24) is 0 Å². The number of fused-ring (bicyclic) bond motifs is 1. The molecule has 6 heteroatoms. The van der Waals surface area contributed by atoms with Crippen LogP contribution >= 0.6 is 0 Å². The van der Waals surface area contributed by atoms with Gasteiger partial charge < -0.3 is 18.8 Å². The molecule has 0 spiro atoms. The molecule has 1 fully saturated rings. The van der Waals surface area contributed by atoms with E-state index in [0.29, 0.717) is 0 Å². The lowest BCUT2D eigenvalue weighted by Gasteiger charge is -2.32. The van der Waals surface area contributed by atoms with E-state index in [1.54, 1.807) is 0 Å². The first kappa shape index (κ1) is 21.9.